The number of carboxylic acids is 1. The van der Waals surface area contributed by atoms with Gasteiger partial charge in [-0.25, -0.2) is 9.78 Å². The molecule has 2 rings (SSSR count). The first kappa shape index (κ1) is 14.9. The molecule has 1 aromatic carbocycles. The predicted octanol–water partition coefficient (Wildman–Crippen LogP) is 3.31. The smallest absolute Gasteiger partial charge is 0.337 e. The van der Waals surface area contributed by atoms with Crippen LogP contribution in [0.25, 0.3) is 0 Å². The maximum Gasteiger partial charge on any atom is 0.337 e. The number of nitro groups is 1. The van der Waals surface area contributed by atoms with E-state index in [1.54, 1.807) is 6.20 Å². The standard InChI is InChI=1S/C13H13N3O4S/c1-2-10(12-14-5-6-21-12)15-11-7-8(16(19)20)3-4-9(11)13(17)18/h3-7,10,15H,2H2,1H3,(H,17,18). The van der Waals surface area contributed by atoms with Gasteiger partial charge in [-0.05, 0) is 12.5 Å². The molecule has 1 aromatic heterocycles. The summed E-state index contributed by atoms with van der Waals surface area (Å²) in [5.41, 5.74) is 0.0610. The fourth-order valence-corrected chi connectivity index (χ4v) is 2.66. The van der Waals surface area contributed by atoms with Crippen molar-refractivity contribution in [2.75, 3.05) is 5.32 Å². The summed E-state index contributed by atoms with van der Waals surface area (Å²) in [5, 5.41) is 25.7. The zero-order valence-electron chi connectivity index (χ0n) is 11.1. The molecule has 0 saturated carbocycles. The number of thiazole rings is 1. The molecule has 0 bridgehead atoms. The molecular formula is C13H13N3O4S. The largest absolute Gasteiger partial charge is 0.478 e. The third-order valence-electron chi connectivity index (χ3n) is 2.93. The van der Waals surface area contributed by atoms with Crippen molar-refractivity contribution in [3.05, 3.63) is 50.5 Å². The maximum absolute atomic E-state index is 11.2. The van der Waals surface area contributed by atoms with Gasteiger partial charge in [-0.2, -0.15) is 0 Å². The molecule has 0 aliphatic heterocycles. The third kappa shape index (κ3) is 3.34. The monoisotopic (exact) mass is 307 g/mol. The second-order valence-corrected chi connectivity index (χ2v) is 5.19. The summed E-state index contributed by atoms with van der Waals surface area (Å²) in [7, 11) is 0. The minimum absolute atomic E-state index is 0.00407. The van der Waals surface area contributed by atoms with Gasteiger partial charge in [-0.15, -0.1) is 11.3 Å². The number of nitrogens with one attached hydrogen (secondary N) is 1. The first-order chi connectivity index (χ1) is 10.0. The van der Waals surface area contributed by atoms with E-state index < -0.39 is 10.9 Å². The van der Waals surface area contributed by atoms with Crippen molar-refractivity contribution in [2.24, 2.45) is 0 Å². The number of aromatic carboxylic acids is 1. The summed E-state index contributed by atoms with van der Waals surface area (Å²) < 4.78 is 0. The summed E-state index contributed by atoms with van der Waals surface area (Å²) in [6.45, 7) is 1.93. The lowest BCUT2D eigenvalue weighted by Crippen LogP contribution is -2.13. The van der Waals surface area contributed by atoms with Crippen molar-refractivity contribution >= 4 is 28.7 Å². The zero-order valence-corrected chi connectivity index (χ0v) is 12.0. The van der Waals surface area contributed by atoms with Crippen molar-refractivity contribution < 1.29 is 14.8 Å². The molecule has 8 heteroatoms. The van der Waals surface area contributed by atoms with Crippen LogP contribution in [0.5, 0.6) is 0 Å². The lowest BCUT2D eigenvalue weighted by molar-refractivity contribution is -0.384. The molecular weight excluding hydrogens is 294 g/mol. The molecule has 0 saturated heterocycles. The van der Waals surface area contributed by atoms with Crippen LogP contribution in [-0.4, -0.2) is 21.0 Å². The van der Waals surface area contributed by atoms with Crippen LogP contribution in [-0.2, 0) is 0 Å². The van der Waals surface area contributed by atoms with Gasteiger partial charge in [-0.3, -0.25) is 10.1 Å². The Kier molecular flexibility index (Phi) is 4.49. The number of hydrogen-bond acceptors (Lipinski definition) is 6. The second-order valence-electron chi connectivity index (χ2n) is 4.27. The van der Waals surface area contributed by atoms with Gasteiger partial charge in [0, 0.05) is 23.7 Å². The fraction of sp³-hybridized carbons (Fsp3) is 0.231. The number of non-ortho nitro benzene ring substituents is 1. The quantitative estimate of drug-likeness (QED) is 0.626. The summed E-state index contributed by atoms with van der Waals surface area (Å²) in [6, 6.07) is 3.46. The van der Waals surface area contributed by atoms with E-state index in [9.17, 15) is 20.0 Å². The Morgan fingerprint density at radius 2 is 2.33 bits per heavy atom. The molecule has 0 spiro atoms. The second kappa shape index (κ2) is 6.31. The number of benzene rings is 1. The molecule has 1 unspecified atom stereocenters. The van der Waals surface area contributed by atoms with Crippen LogP contribution in [0.1, 0.15) is 34.8 Å². The normalized spacial score (nSPS) is 11.9. The maximum atomic E-state index is 11.2. The van der Waals surface area contributed by atoms with Crippen LogP contribution in [0.15, 0.2) is 29.8 Å². The van der Waals surface area contributed by atoms with Gasteiger partial charge in [0.2, 0.25) is 0 Å². The zero-order chi connectivity index (χ0) is 15.4. The Morgan fingerprint density at radius 1 is 1.57 bits per heavy atom. The molecule has 1 heterocycles. The number of rotatable bonds is 6. The number of carbonyl (C=O) groups is 1. The highest BCUT2D eigenvalue weighted by atomic mass is 32.1. The van der Waals surface area contributed by atoms with Crippen LogP contribution in [0.4, 0.5) is 11.4 Å². The third-order valence-corrected chi connectivity index (χ3v) is 3.82. The van der Waals surface area contributed by atoms with E-state index in [0.717, 1.165) is 5.01 Å². The van der Waals surface area contributed by atoms with Gasteiger partial charge < -0.3 is 10.4 Å². The SMILES string of the molecule is CCC(Nc1cc([N+](=O)[O-])ccc1C(=O)O)c1nccs1. The Labute approximate surface area is 124 Å². The van der Waals surface area contributed by atoms with Crippen molar-refractivity contribution in [3.63, 3.8) is 0 Å². The molecule has 0 radical (unpaired) electrons. The number of anilines is 1. The molecule has 1 atom stereocenters. The fourth-order valence-electron chi connectivity index (χ4n) is 1.88. The van der Waals surface area contributed by atoms with E-state index in [-0.39, 0.29) is 23.0 Å². The number of carboxylic acid groups (broad SMARTS) is 1. The van der Waals surface area contributed by atoms with E-state index >= 15 is 0 Å². The summed E-state index contributed by atoms with van der Waals surface area (Å²) >= 11 is 1.44. The van der Waals surface area contributed by atoms with Crippen LogP contribution in [0.3, 0.4) is 0 Å². The van der Waals surface area contributed by atoms with E-state index in [0.29, 0.717) is 6.42 Å². The molecule has 0 amide bonds. The average Bonchev–Trinajstić information content (AvgIpc) is 2.98. The van der Waals surface area contributed by atoms with Gasteiger partial charge >= 0.3 is 5.97 Å². The number of nitro benzene ring substituents is 1. The highest BCUT2D eigenvalue weighted by Crippen LogP contribution is 2.29. The molecule has 110 valence electrons. The molecule has 2 aromatic rings. The molecule has 0 fully saturated rings. The van der Waals surface area contributed by atoms with E-state index in [1.165, 1.54) is 29.5 Å². The summed E-state index contributed by atoms with van der Waals surface area (Å²) in [4.78, 5) is 25.7. The highest BCUT2D eigenvalue weighted by molar-refractivity contribution is 7.09. The van der Waals surface area contributed by atoms with Crippen molar-refractivity contribution in [1.82, 2.24) is 4.98 Å². The number of hydrogen-bond donors (Lipinski definition) is 2. The average molecular weight is 307 g/mol. The van der Waals surface area contributed by atoms with E-state index in [1.807, 2.05) is 12.3 Å². The molecule has 0 aliphatic rings. The lowest BCUT2D eigenvalue weighted by Gasteiger charge is -2.17. The van der Waals surface area contributed by atoms with Gasteiger partial charge in [0.25, 0.3) is 5.69 Å². The minimum atomic E-state index is -1.14. The predicted molar refractivity (Wildman–Crippen MR) is 78.8 cm³/mol. The first-order valence-corrected chi connectivity index (χ1v) is 7.08. The van der Waals surface area contributed by atoms with Crippen molar-refractivity contribution in [3.8, 4) is 0 Å². The summed E-state index contributed by atoms with van der Waals surface area (Å²) in [6.07, 6.45) is 2.34. The van der Waals surface area contributed by atoms with Crippen LogP contribution in [0.2, 0.25) is 0 Å². The van der Waals surface area contributed by atoms with Crippen LogP contribution in [0, 0.1) is 10.1 Å². The summed E-state index contributed by atoms with van der Waals surface area (Å²) in [5.74, 6) is -1.14. The van der Waals surface area contributed by atoms with E-state index in [2.05, 4.69) is 10.3 Å². The Bertz CT molecular complexity index is 657. The topological polar surface area (TPSA) is 105 Å². The van der Waals surface area contributed by atoms with Crippen molar-refractivity contribution in [2.45, 2.75) is 19.4 Å². The number of nitrogens with zero attached hydrogens (tertiary/aromatic N) is 2. The Balaban J connectivity index is 2.38. The van der Waals surface area contributed by atoms with Gasteiger partial charge in [0.1, 0.15) is 5.01 Å². The van der Waals surface area contributed by atoms with Gasteiger partial charge in [0.05, 0.1) is 22.2 Å². The number of aromatic nitrogens is 1. The molecule has 21 heavy (non-hydrogen) atoms. The molecule has 2 N–H and O–H groups in total. The molecule has 0 aliphatic carbocycles. The van der Waals surface area contributed by atoms with Crippen LogP contribution < -0.4 is 5.32 Å². The van der Waals surface area contributed by atoms with Crippen LogP contribution >= 0.6 is 11.3 Å². The Morgan fingerprint density at radius 3 is 2.86 bits per heavy atom. The highest BCUT2D eigenvalue weighted by Gasteiger charge is 2.19. The van der Waals surface area contributed by atoms with Gasteiger partial charge in [0.15, 0.2) is 0 Å². The molecule has 7 nitrogen and oxygen atoms in total. The van der Waals surface area contributed by atoms with Crippen molar-refractivity contribution in [1.29, 1.82) is 0 Å². The van der Waals surface area contributed by atoms with Gasteiger partial charge in [-0.1, -0.05) is 6.92 Å². The van der Waals surface area contributed by atoms with E-state index in [4.69, 9.17) is 0 Å². The minimum Gasteiger partial charge on any atom is -0.478 e. The Hall–Kier alpha value is -2.48. The lowest BCUT2D eigenvalue weighted by atomic mass is 10.1. The first-order valence-electron chi connectivity index (χ1n) is 6.20.